The normalized spacial score (nSPS) is 10.6. The highest BCUT2D eigenvalue weighted by Crippen LogP contribution is 2.34. The van der Waals surface area contributed by atoms with E-state index in [9.17, 15) is 0 Å². The second-order valence-electron chi connectivity index (χ2n) is 2.61. The summed E-state index contributed by atoms with van der Waals surface area (Å²) in [6.45, 7) is 0. The van der Waals surface area contributed by atoms with Crippen molar-refractivity contribution in [1.29, 1.82) is 0 Å². The molecule has 0 bridgehead atoms. The molecule has 4 nitrogen and oxygen atoms in total. The van der Waals surface area contributed by atoms with E-state index in [1.54, 1.807) is 12.1 Å². The molecule has 0 saturated carbocycles. The number of nitrogens with zero attached hydrogens (tertiary/aromatic N) is 3. The first-order valence-electron chi connectivity index (χ1n) is 3.75. The first-order valence-corrected chi connectivity index (χ1v) is 5.71. The number of nitrogens with one attached hydrogen (secondary N) is 1. The van der Waals surface area contributed by atoms with Gasteiger partial charge in [-0.15, -0.1) is 0 Å². The van der Waals surface area contributed by atoms with Crippen LogP contribution in [-0.2, 0) is 0 Å². The van der Waals surface area contributed by atoms with E-state index in [4.69, 9.17) is 35.4 Å². The van der Waals surface area contributed by atoms with E-state index in [1.165, 1.54) is 4.68 Å². The number of rotatable bonds is 1. The standard InChI is InChI=1S/C7H3BrCl2N4S/c8-3-1-2-4(6(10)5(3)9)14-7(15)11-12-13-14/h1-2H,(H,11,13,15). The topological polar surface area (TPSA) is 46.5 Å². The lowest BCUT2D eigenvalue weighted by molar-refractivity contribution is 0.786. The minimum absolute atomic E-state index is 0.287. The number of tetrazole rings is 1. The van der Waals surface area contributed by atoms with Crippen LogP contribution in [0.4, 0.5) is 0 Å². The Morgan fingerprint density at radius 1 is 1.33 bits per heavy atom. The Hall–Kier alpha value is -0.430. The van der Waals surface area contributed by atoms with Crippen molar-refractivity contribution in [2.75, 3.05) is 0 Å². The van der Waals surface area contributed by atoms with Crippen LogP contribution in [0.25, 0.3) is 5.69 Å². The fourth-order valence-corrected chi connectivity index (χ4v) is 2.08. The lowest BCUT2D eigenvalue weighted by atomic mass is 10.3. The van der Waals surface area contributed by atoms with Gasteiger partial charge in [0.1, 0.15) is 0 Å². The number of halogens is 3. The van der Waals surface area contributed by atoms with Gasteiger partial charge >= 0.3 is 0 Å². The van der Waals surface area contributed by atoms with Gasteiger partial charge in [0.2, 0.25) is 4.77 Å². The fraction of sp³-hybridized carbons (Fsp3) is 0. The zero-order valence-electron chi connectivity index (χ0n) is 7.04. The van der Waals surface area contributed by atoms with Gasteiger partial charge in [-0.3, -0.25) is 0 Å². The zero-order chi connectivity index (χ0) is 11.0. The lowest BCUT2D eigenvalue weighted by Crippen LogP contribution is -1.98. The molecule has 0 saturated heterocycles. The predicted molar refractivity (Wildman–Crippen MR) is 64.3 cm³/mol. The van der Waals surface area contributed by atoms with Gasteiger partial charge < -0.3 is 0 Å². The number of hydrogen-bond donors (Lipinski definition) is 1. The van der Waals surface area contributed by atoms with E-state index in [2.05, 4.69) is 31.5 Å². The Morgan fingerprint density at radius 3 is 2.67 bits per heavy atom. The smallest absolute Gasteiger partial charge is 0.208 e. The van der Waals surface area contributed by atoms with Crippen molar-refractivity contribution in [3.05, 3.63) is 31.4 Å². The summed E-state index contributed by atoms with van der Waals surface area (Å²) < 4.78 is 2.47. The summed E-state index contributed by atoms with van der Waals surface area (Å²) in [6, 6.07) is 3.53. The number of benzene rings is 1. The molecule has 1 heterocycles. The van der Waals surface area contributed by atoms with Gasteiger partial charge in [0, 0.05) is 4.47 Å². The largest absolute Gasteiger partial charge is 0.242 e. The summed E-state index contributed by atoms with van der Waals surface area (Å²) in [5.41, 5.74) is 0.611. The number of H-pyrrole nitrogens is 1. The molecule has 1 aromatic carbocycles. The molecule has 2 aromatic rings. The fourth-order valence-electron chi connectivity index (χ4n) is 1.04. The Labute approximate surface area is 108 Å². The Kier molecular flexibility index (Phi) is 3.11. The van der Waals surface area contributed by atoms with Crippen molar-refractivity contribution in [2.45, 2.75) is 0 Å². The Bertz CT molecular complexity index is 564. The van der Waals surface area contributed by atoms with Gasteiger partial charge in [-0.05, 0) is 40.3 Å². The summed E-state index contributed by atoms with van der Waals surface area (Å²) in [4.78, 5) is 0. The molecule has 0 aliphatic heterocycles. The summed E-state index contributed by atoms with van der Waals surface area (Å²) >= 11 is 20.2. The maximum Gasteiger partial charge on any atom is 0.242 e. The lowest BCUT2D eigenvalue weighted by Gasteiger charge is -2.06. The third kappa shape index (κ3) is 1.94. The third-order valence-corrected chi connectivity index (χ3v) is 3.75. The molecule has 0 spiro atoms. The molecular formula is C7H3BrCl2N4S. The predicted octanol–water partition coefficient (Wildman–Crippen LogP) is 3.39. The second kappa shape index (κ2) is 4.21. The van der Waals surface area contributed by atoms with Crippen molar-refractivity contribution >= 4 is 51.3 Å². The summed E-state index contributed by atoms with van der Waals surface area (Å²) in [5.74, 6) is 0. The van der Waals surface area contributed by atoms with Crippen molar-refractivity contribution in [3.8, 4) is 5.69 Å². The first-order chi connectivity index (χ1) is 7.11. The molecule has 0 aliphatic carbocycles. The average molecular weight is 326 g/mol. The first kappa shape index (κ1) is 11.1. The molecule has 78 valence electrons. The highest BCUT2D eigenvalue weighted by atomic mass is 79.9. The SMILES string of the molecule is S=c1nn[nH]n1-c1ccc(Br)c(Cl)c1Cl. The van der Waals surface area contributed by atoms with Crippen LogP contribution in [0.2, 0.25) is 10.0 Å². The molecule has 0 unspecified atom stereocenters. The molecule has 1 aromatic heterocycles. The second-order valence-corrected chi connectivity index (χ2v) is 4.59. The molecule has 0 atom stereocenters. The van der Waals surface area contributed by atoms with Gasteiger partial charge in [-0.1, -0.05) is 33.5 Å². The van der Waals surface area contributed by atoms with Crippen LogP contribution in [0.3, 0.4) is 0 Å². The van der Waals surface area contributed by atoms with E-state index < -0.39 is 0 Å². The van der Waals surface area contributed by atoms with E-state index in [-0.39, 0.29) is 4.77 Å². The third-order valence-electron chi connectivity index (χ3n) is 1.73. The minimum Gasteiger partial charge on any atom is -0.208 e. The molecule has 2 rings (SSSR count). The van der Waals surface area contributed by atoms with Crippen LogP contribution in [0.15, 0.2) is 16.6 Å². The molecule has 0 aliphatic rings. The van der Waals surface area contributed by atoms with Crippen molar-refractivity contribution in [1.82, 2.24) is 20.2 Å². The average Bonchev–Trinajstić information content (AvgIpc) is 2.62. The maximum absolute atomic E-state index is 6.06. The van der Waals surface area contributed by atoms with Crippen LogP contribution in [-0.4, -0.2) is 20.2 Å². The molecule has 15 heavy (non-hydrogen) atoms. The van der Waals surface area contributed by atoms with Gasteiger partial charge in [0.15, 0.2) is 0 Å². The van der Waals surface area contributed by atoms with Gasteiger partial charge in [0.05, 0.1) is 15.7 Å². The molecule has 0 fully saturated rings. The highest BCUT2D eigenvalue weighted by molar-refractivity contribution is 9.10. The van der Waals surface area contributed by atoms with Crippen LogP contribution >= 0.6 is 51.3 Å². The van der Waals surface area contributed by atoms with Crippen LogP contribution < -0.4 is 0 Å². The van der Waals surface area contributed by atoms with E-state index in [0.717, 1.165) is 4.47 Å². The summed E-state index contributed by atoms with van der Waals surface area (Å²) in [7, 11) is 0. The van der Waals surface area contributed by atoms with Crippen molar-refractivity contribution in [2.24, 2.45) is 0 Å². The van der Waals surface area contributed by atoms with Crippen LogP contribution in [0, 0.1) is 4.77 Å². The van der Waals surface area contributed by atoms with E-state index in [1.807, 2.05) is 0 Å². The van der Waals surface area contributed by atoms with E-state index in [0.29, 0.717) is 15.7 Å². The minimum atomic E-state index is 0.287. The molecule has 1 N–H and O–H groups in total. The quantitative estimate of drug-likeness (QED) is 0.645. The molecule has 0 radical (unpaired) electrons. The summed E-state index contributed by atoms with van der Waals surface area (Å²) in [6.07, 6.45) is 0. The Morgan fingerprint density at radius 2 is 2.07 bits per heavy atom. The van der Waals surface area contributed by atoms with Crippen LogP contribution in [0.5, 0.6) is 0 Å². The van der Waals surface area contributed by atoms with Gasteiger partial charge in [-0.25, -0.2) is 4.68 Å². The zero-order valence-corrected chi connectivity index (χ0v) is 11.0. The highest BCUT2D eigenvalue weighted by Gasteiger charge is 2.11. The molecule has 8 heteroatoms. The van der Waals surface area contributed by atoms with Crippen LogP contribution in [0.1, 0.15) is 0 Å². The number of aromatic amines is 1. The maximum atomic E-state index is 6.06. The van der Waals surface area contributed by atoms with Crippen molar-refractivity contribution < 1.29 is 0 Å². The molecule has 0 amide bonds. The van der Waals surface area contributed by atoms with Gasteiger partial charge in [-0.2, -0.15) is 5.21 Å². The Balaban J connectivity index is 2.70. The van der Waals surface area contributed by atoms with E-state index >= 15 is 0 Å². The number of hydrogen-bond acceptors (Lipinski definition) is 3. The van der Waals surface area contributed by atoms with Gasteiger partial charge in [0.25, 0.3) is 0 Å². The summed E-state index contributed by atoms with van der Waals surface area (Å²) in [5, 5.41) is 10.6. The monoisotopic (exact) mass is 324 g/mol. The molecular weight excluding hydrogens is 323 g/mol. The van der Waals surface area contributed by atoms with Crippen molar-refractivity contribution in [3.63, 3.8) is 0 Å². The number of aromatic nitrogens is 4.